The van der Waals surface area contributed by atoms with Crippen LogP contribution < -0.4 is 15.5 Å². The van der Waals surface area contributed by atoms with E-state index in [1.807, 2.05) is 12.5 Å². The predicted octanol–water partition coefficient (Wildman–Crippen LogP) is 6.03. The van der Waals surface area contributed by atoms with Crippen molar-refractivity contribution in [3.8, 4) is 0 Å². The third-order valence-electron chi connectivity index (χ3n) is 8.02. The fourth-order valence-corrected chi connectivity index (χ4v) is 6.02. The summed E-state index contributed by atoms with van der Waals surface area (Å²) in [5, 5.41) is 11.4. The van der Waals surface area contributed by atoms with Gasteiger partial charge >= 0.3 is 0 Å². The number of amides is 1. The van der Waals surface area contributed by atoms with Gasteiger partial charge in [-0.25, -0.2) is 4.98 Å². The highest BCUT2D eigenvalue weighted by molar-refractivity contribution is 5.87. The second-order valence-corrected chi connectivity index (χ2v) is 11.5. The van der Waals surface area contributed by atoms with Crippen LogP contribution in [0.3, 0.4) is 0 Å². The van der Waals surface area contributed by atoms with Crippen LogP contribution in [0.5, 0.6) is 0 Å². The van der Waals surface area contributed by atoms with Crippen LogP contribution in [0.2, 0.25) is 0 Å². The van der Waals surface area contributed by atoms with Crippen molar-refractivity contribution in [1.29, 1.82) is 0 Å². The van der Waals surface area contributed by atoms with E-state index in [9.17, 15) is 4.79 Å². The highest BCUT2D eigenvalue weighted by atomic mass is 16.1. The van der Waals surface area contributed by atoms with Crippen molar-refractivity contribution in [2.24, 2.45) is 5.92 Å². The zero-order chi connectivity index (χ0) is 29.6. The van der Waals surface area contributed by atoms with E-state index in [2.05, 4.69) is 95.6 Å². The van der Waals surface area contributed by atoms with Crippen LogP contribution in [0.1, 0.15) is 77.4 Å². The quantitative estimate of drug-likeness (QED) is 0.189. The van der Waals surface area contributed by atoms with E-state index in [4.69, 9.17) is 20.1 Å². The van der Waals surface area contributed by atoms with Crippen molar-refractivity contribution in [3.63, 3.8) is 0 Å². The van der Waals surface area contributed by atoms with Gasteiger partial charge in [0.15, 0.2) is 17.0 Å². The molecule has 10 nitrogen and oxygen atoms in total. The summed E-state index contributed by atoms with van der Waals surface area (Å²) >= 11 is 0. The molecule has 5 rings (SSSR count). The van der Waals surface area contributed by atoms with E-state index in [1.54, 1.807) is 0 Å². The summed E-state index contributed by atoms with van der Waals surface area (Å²) in [5.41, 5.74) is 3.61. The first-order valence-electron chi connectivity index (χ1n) is 15.2. The zero-order valence-electron chi connectivity index (χ0n) is 25.2. The second-order valence-electron chi connectivity index (χ2n) is 11.5. The molecule has 0 radical (unpaired) electrons. The van der Waals surface area contributed by atoms with E-state index < -0.39 is 0 Å². The largest absolute Gasteiger partial charge is 0.348 e. The predicted molar refractivity (Wildman–Crippen MR) is 168 cm³/mol. The summed E-state index contributed by atoms with van der Waals surface area (Å²) in [6.07, 6.45) is 12.5. The average molecular weight is 570 g/mol. The van der Waals surface area contributed by atoms with Crippen molar-refractivity contribution >= 4 is 34.5 Å². The molecule has 0 aliphatic carbocycles. The van der Waals surface area contributed by atoms with Gasteiger partial charge in [-0.15, -0.1) is 0 Å². The molecule has 1 aromatic carbocycles. The topological polar surface area (TPSA) is 106 Å². The third kappa shape index (κ3) is 6.32. The maximum absolute atomic E-state index is 11.9. The van der Waals surface area contributed by atoms with E-state index >= 15 is 0 Å². The number of aromatic nitrogens is 6. The molecule has 1 saturated heterocycles. The summed E-state index contributed by atoms with van der Waals surface area (Å²) in [5.74, 6) is 1.58. The van der Waals surface area contributed by atoms with Crippen LogP contribution in [-0.4, -0.2) is 54.3 Å². The van der Waals surface area contributed by atoms with Gasteiger partial charge in [0.1, 0.15) is 0 Å². The maximum Gasteiger partial charge on any atom is 0.243 e. The first-order valence-corrected chi connectivity index (χ1v) is 15.2. The van der Waals surface area contributed by atoms with Gasteiger partial charge in [0.2, 0.25) is 11.9 Å². The van der Waals surface area contributed by atoms with E-state index in [-0.39, 0.29) is 24.0 Å². The Morgan fingerprint density at radius 3 is 2.60 bits per heavy atom. The Hall–Kier alpha value is -4.21. The molecule has 0 bridgehead atoms. The lowest BCUT2D eigenvalue weighted by atomic mass is 9.86. The Balaban J connectivity index is 1.48. The van der Waals surface area contributed by atoms with Crippen molar-refractivity contribution in [1.82, 2.24) is 34.6 Å². The number of imidazole rings is 1. The standard InChI is InChI=1S/C32H43N9O/c1-6-12-23(13-7-2)29(24-14-10-9-11-15-24)41-20-26(18-34-41)36-30-28-31(40(21-33-28)22(4)5)38-32(37-30)39-17-16-25(19-39)35-27(42)8-3/h8-11,14-15,18,20-23,25,29H,3,6-7,12-13,16-17,19H2,1-2,4-5H3,(H,35,42)(H,36,37,38)/t25-,29+/m0/s1. The van der Waals surface area contributed by atoms with Gasteiger partial charge in [-0.3, -0.25) is 9.48 Å². The Labute approximate surface area is 248 Å². The Kier molecular flexibility index (Phi) is 9.19. The van der Waals surface area contributed by atoms with E-state index in [1.165, 1.54) is 11.6 Å². The lowest BCUT2D eigenvalue weighted by molar-refractivity contribution is -0.117. The molecule has 3 aromatic heterocycles. The van der Waals surface area contributed by atoms with Gasteiger partial charge in [-0.2, -0.15) is 15.1 Å². The normalized spacial score (nSPS) is 16.0. The van der Waals surface area contributed by atoms with Crippen molar-refractivity contribution < 1.29 is 4.79 Å². The molecule has 222 valence electrons. The number of hydrogen-bond acceptors (Lipinski definition) is 7. The monoisotopic (exact) mass is 569 g/mol. The summed E-state index contributed by atoms with van der Waals surface area (Å²) < 4.78 is 4.17. The summed E-state index contributed by atoms with van der Waals surface area (Å²) in [7, 11) is 0. The van der Waals surface area contributed by atoms with Crippen molar-refractivity contribution in [2.75, 3.05) is 23.3 Å². The van der Waals surface area contributed by atoms with Gasteiger partial charge in [-0.1, -0.05) is 63.6 Å². The van der Waals surface area contributed by atoms with Crippen LogP contribution in [0.25, 0.3) is 11.2 Å². The molecule has 4 heterocycles. The number of benzene rings is 1. The highest BCUT2D eigenvalue weighted by Gasteiger charge is 2.28. The molecule has 1 aliphatic heterocycles. The van der Waals surface area contributed by atoms with Gasteiger partial charge < -0.3 is 20.1 Å². The number of carbonyl (C=O) groups excluding carboxylic acids is 1. The molecule has 1 aliphatic rings. The number of hydrogen-bond donors (Lipinski definition) is 2. The molecular weight excluding hydrogens is 526 g/mol. The van der Waals surface area contributed by atoms with Crippen LogP contribution in [0.15, 0.2) is 61.7 Å². The second kappa shape index (κ2) is 13.2. The smallest absolute Gasteiger partial charge is 0.243 e. The van der Waals surface area contributed by atoms with Gasteiger partial charge in [0, 0.05) is 31.4 Å². The molecule has 0 saturated carbocycles. The summed E-state index contributed by atoms with van der Waals surface area (Å²) in [6.45, 7) is 13.7. The van der Waals surface area contributed by atoms with Gasteiger partial charge in [0.05, 0.1) is 24.3 Å². The molecule has 2 atom stereocenters. The molecule has 42 heavy (non-hydrogen) atoms. The molecule has 0 spiro atoms. The van der Waals surface area contributed by atoms with Crippen LogP contribution in [0, 0.1) is 5.92 Å². The fraction of sp³-hybridized carbons (Fsp3) is 0.469. The van der Waals surface area contributed by atoms with Crippen molar-refractivity contribution in [3.05, 3.63) is 67.3 Å². The number of nitrogens with zero attached hydrogens (tertiary/aromatic N) is 7. The summed E-state index contributed by atoms with van der Waals surface area (Å²) in [6, 6.07) is 11.0. The zero-order valence-corrected chi connectivity index (χ0v) is 25.2. The first-order chi connectivity index (χ1) is 20.4. The first kappa shape index (κ1) is 29.3. The van der Waals surface area contributed by atoms with Crippen molar-refractivity contribution in [2.45, 2.75) is 77.9 Å². The lowest BCUT2D eigenvalue weighted by Crippen LogP contribution is -2.36. The highest BCUT2D eigenvalue weighted by Crippen LogP contribution is 2.34. The van der Waals surface area contributed by atoms with E-state index in [0.717, 1.165) is 50.0 Å². The maximum atomic E-state index is 11.9. The number of rotatable bonds is 13. The summed E-state index contributed by atoms with van der Waals surface area (Å²) in [4.78, 5) is 28.6. The van der Waals surface area contributed by atoms with Crippen LogP contribution >= 0.6 is 0 Å². The molecular formula is C32H43N9O. The minimum absolute atomic E-state index is 0.0218. The molecule has 0 unspecified atom stereocenters. The number of carbonyl (C=O) groups is 1. The van der Waals surface area contributed by atoms with Gasteiger partial charge in [0.25, 0.3) is 0 Å². The molecule has 10 heteroatoms. The number of fused-ring (bicyclic) bond motifs is 1. The minimum atomic E-state index is -0.163. The minimum Gasteiger partial charge on any atom is -0.348 e. The average Bonchev–Trinajstić information content (AvgIpc) is 3.74. The molecule has 1 amide bonds. The van der Waals surface area contributed by atoms with Crippen LogP contribution in [-0.2, 0) is 4.79 Å². The molecule has 2 N–H and O–H groups in total. The fourth-order valence-electron chi connectivity index (χ4n) is 6.02. The Morgan fingerprint density at radius 1 is 1.14 bits per heavy atom. The Morgan fingerprint density at radius 2 is 1.90 bits per heavy atom. The number of anilines is 3. The lowest BCUT2D eigenvalue weighted by Gasteiger charge is -2.27. The SMILES string of the molecule is C=CC(=O)N[C@H]1CCN(c2nc(Nc3cnn([C@@H](c4ccccc4)C(CCC)CCC)c3)c3ncn(C(C)C)c3n2)C1. The molecule has 4 aromatic rings. The third-order valence-corrected chi connectivity index (χ3v) is 8.02. The van der Waals surface area contributed by atoms with E-state index in [0.29, 0.717) is 29.7 Å². The Bertz CT molecular complexity index is 1490. The number of nitrogens with one attached hydrogen (secondary N) is 2. The van der Waals surface area contributed by atoms with Crippen LogP contribution in [0.4, 0.5) is 17.5 Å². The van der Waals surface area contributed by atoms with Gasteiger partial charge in [-0.05, 0) is 50.7 Å². The molecule has 1 fully saturated rings.